The van der Waals surface area contributed by atoms with E-state index < -0.39 is 5.41 Å². The Morgan fingerprint density at radius 3 is 2.61 bits per heavy atom. The second-order valence-electron chi connectivity index (χ2n) is 5.84. The highest BCUT2D eigenvalue weighted by Gasteiger charge is 2.43. The molecule has 1 aliphatic heterocycles. The SMILES string of the molecule is CC1CN(C(=O)C2(C#N)CCCCC2)CCC1O. The highest BCUT2D eigenvalue weighted by atomic mass is 16.3. The first-order chi connectivity index (χ1) is 8.59. The molecular formula is C14H22N2O2. The van der Waals surface area contributed by atoms with Gasteiger partial charge < -0.3 is 10.0 Å². The lowest BCUT2D eigenvalue weighted by molar-refractivity contribution is -0.144. The van der Waals surface area contributed by atoms with Crippen LogP contribution in [-0.4, -0.2) is 35.1 Å². The van der Waals surface area contributed by atoms with E-state index in [1.165, 1.54) is 0 Å². The molecule has 1 N–H and O–H groups in total. The number of rotatable bonds is 1. The fourth-order valence-electron chi connectivity index (χ4n) is 3.15. The van der Waals surface area contributed by atoms with E-state index in [0.717, 1.165) is 19.3 Å². The largest absolute Gasteiger partial charge is 0.393 e. The van der Waals surface area contributed by atoms with Gasteiger partial charge in [-0.05, 0) is 25.2 Å². The van der Waals surface area contributed by atoms with Crippen molar-refractivity contribution in [1.82, 2.24) is 4.90 Å². The molecule has 0 spiro atoms. The third-order valence-electron chi connectivity index (χ3n) is 4.48. The second kappa shape index (κ2) is 5.27. The van der Waals surface area contributed by atoms with Crippen LogP contribution in [0.4, 0.5) is 0 Å². The fourth-order valence-corrected chi connectivity index (χ4v) is 3.15. The van der Waals surface area contributed by atoms with Crippen molar-refractivity contribution in [1.29, 1.82) is 5.26 Å². The van der Waals surface area contributed by atoms with Crippen molar-refractivity contribution >= 4 is 5.91 Å². The number of piperidine rings is 1. The van der Waals surface area contributed by atoms with Gasteiger partial charge in [0.05, 0.1) is 12.2 Å². The number of aliphatic hydroxyl groups is 1. The molecular weight excluding hydrogens is 228 g/mol. The molecule has 2 aliphatic rings. The topological polar surface area (TPSA) is 64.3 Å². The summed E-state index contributed by atoms with van der Waals surface area (Å²) in [6.07, 6.45) is 4.82. The summed E-state index contributed by atoms with van der Waals surface area (Å²) in [6.45, 7) is 3.14. The maximum Gasteiger partial charge on any atom is 0.243 e. The molecule has 2 rings (SSSR count). The lowest BCUT2D eigenvalue weighted by Gasteiger charge is -2.40. The summed E-state index contributed by atoms with van der Waals surface area (Å²) < 4.78 is 0. The van der Waals surface area contributed by atoms with E-state index in [1.807, 2.05) is 6.92 Å². The first-order valence-electron chi connectivity index (χ1n) is 6.98. The van der Waals surface area contributed by atoms with Crippen LogP contribution in [0.2, 0.25) is 0 Å². The summed E-state index contributed by atoms with van der Waals surface area (Å²) >= 11 is 0. The number of hydrogen-bond acceptors (Lipinski definition) is 3. The van der Waals surface area contributed by atoms with Crippen molar-refractivity contribution in [3.8, 4) is 6.07 Å². The zero-order valence-corrected chi connectivity index (χ0v) is 11.1. The molecule has 1 saturated heterocycles. The molecule has 1 aliphatic carbocycles. The molecule has 0 bridgehead atoms. The molecule has 0 aromatic rings. The van der Waals surface area contributed by atoms with Crippen LogP contribution >= 0.6 is 0 Å². The fraction of sp³-hybridized carbons (Fsp3) is 0.857. The average molecular weight is 250 g/mol. The molecule has 1 heterocycles. The van der Waals surface area contributed by atoms with Crippen LogP contribution < -0.4 is 0 Å². The third kappa shape index (κ3) is 2.37. The van der Waals surface area contributed by atoms with Crippen molar-refractivity contribution in [2.24, 2.45) is 11.3 Å². The van der Waals surface area contributed by atoms with E-state index in [-0.39, 0.29) is 17.9 Å². The molecule has 2 unspecified atom stereocenters. The third-order valence-corrected chi connectivity index (χ3v) is 4.48. The number of hydrogen-bond donors (Lipinski definition) is 1. The van der Waals surface area contributed by atoms with Gasteiger partial charge in [-0.2, -0.15) is 5.26 Å². The van der Waals surface area contributed by atoms with Gasteiger partial charge in [-0.15, -0.1) is 0 Å². The lowest BCUT2D eigenvalue weighted by Crippen LogP contribution is -2.51. The van der Waals surface area contributed by atoms with Gasteiger partial charge in [0.1, 0.15) is 5.41 Å². The summed E-state index contributed by atoms with van der Waals surface area (Å²) in [5.74, 6) is 0.116. The van der Waals surface area contributed by atoms with E-state index in [9.17, 15) is 15.2 Å². The number of aliphatic hydroxyl groups excluding tert-OH is 1. The van der Waals surface area contributed by atoms with Gasteiger partial charge in [-0.25, -0.2) is 0 Å². The summed E-state index contributed by atoms with van der Waals surface area (Å²) in [4.78, 5) is 14.4. The molecule has 2 atom stereocenters. The Hall–Kier alpha value is -1.08. The second-order valence-corrected chi connectivity index (χ2v) is 5.84. The molecule has 1 saturated carbocycles. The van der Waals surface area contributed by atoms with Crippen molar-refractivity contribution in [3.05, 3.63) is 0 Å². The van der Waals surface area contributed by atoms with Crippen LogP contribution in [0.1, 0.15) is 45.4 Å². The Balaban J connectivity index is 2.08. The first-order valence-corrected chi connectivity index (χ1v) is 6.98. The zero-order valence-electron chi connectivity index (χ0n) is 11.1. The molecule has 0 aromatic carbocycles. The summed E-state index contributed by atoms with van der Waals surface area (Å²) in [5.41, 5.74) is -0.778. The van der Waals surface area contributed by atoms with Crippen LogP contribution in [0.5, 0.6) is 0 Å². The van der Waals surface area contributed by atoms with Crippen LogP contribution in [0.15, 0.2) is 0 Å². The Bertz CT molecular complexity index is 355. The first kappa shape index (κ1) is 13.4. The molecule has 18 heavy (non-hydrogen) atoms. The van der Waals surface area contributed by atoms with E-state index in [0.29, 0.717) is 32.4 Å². The number of amides is 1. The Morgan fingerprint density at radius 1 is 1.39 bits per heavy atom. The maximum atomic E-state index is 12.6. The highest BCUT2D eigenvalue weighted by molar-refractivity contribution is 5.85. The van der Waals surface area contributed by atoms with E-state index in [2.05, 4.69) is 6.07 Å². The zero-order chi connectivity index (χ0) is 13.2. The number of nitrogens with zero attached hydrogens (tertiary/aromatic N) is 2. The van der Waals surface area contributed by atoms with Crippen LogP contribution in [0, 0.1) is 22.7 Å². The van der Waals surface area contributed by atoms with Crippen LogP contribution in [0.3, 0.4) is 0 Å². The normalized spacial score (nSPS) is 31.7. The van der Waals surface area contributed by atoms with Gasteiger partial charge in [-0.1, -0.05) is 26.2 Å². The van der Waals surface area contributed by atoms with Crippen LogP contribution in [0.25, 0.3) is 0 Å². The Kier molecular flexibility index (Phi) is 3.91. The monoisotopic (exact) mass is 250 g/mol. The smallest absolute Gasteiger partial charge is 0.243 e. The number of nitriles is 1. The summed E-state index contributed by atoms with van der Waals surface area (Å²) in [5, 5.41) is 19.1. The molecule has 100 valence electrons. The Labute approximate surface area is 109 Å². The van der Waals surface area contributed by atoms with Crippen molar-refractivity contribution in [3.63, 3.8) is 0 Å². The number of carbonyl (C=O) groups is 1. The van der Waals surface area contributed by atoms with E-state index >= 15 is 0 Å². The van der Waals surface area contributed by atoms with Gasteiger partial charge in [0.2, 0.25) is 5.91 Å². The molecule has 0 aromatic heterocycles. The van der Waals surface area contributed by atoms with Gasteiger partial charge in [0.25, 0.3) is 0 Å². The predicted octanol–water partition coefficient (Wildman–Crippen LogP) is 1.69. The number of carbonyl (C=O) groups excluding carboxylic acids is 1. The molecule has 1 amide bonds. The maximum absolute atomic E-state index is 12.6. The molecule has 2 fully saturated rings. The van der Waals surface area contributed by atoms with Gasteiger partial charge in [-0.3, -0.25) is 4.79 Å². The summed E-state index contributed by atoms with van der Waals surface area (Å²) in [6, 6.07) is 2.29. The minimum atomic E-state index is -0.778. The quantitative estimate of drug-likeness (QED) is 0.770. The van der Waals surface area contributed by atoms with E-state index in [4.69, 9.17) is 0 Å². The minimum Gasteiger partial charge on any atom is -0.393 e. The molecule has 4 nitrogen and oxygen atoms in total. The predicted molar refractivity (Wildman–Crippen MR) is 67.5 cm³/mol. The van der Waals surface area contributed by atoms with Gasteiger partial charge in [0.15, 0.2) is 0 Å². The van der Waals surface area contributed by atoms with Gasteiger partial charge in [0, 0.05) is 13.1 Å². The molecule has 0 radical (unpaired) electrons. The van der Waals surface area contributed by atoms with Crippen LogP contribution in [-0.2, 0) is 4.79 Å². The van der Waals surface area contributed by atoms with E-state index in [1.54, 1.807) is 4.90 Å². The van der Waals surface area contributed by atoms with Crippen molar-refractivity contribution in [2.75, 3.05) is 13.1 Å². The van der Waals surface area contributed by atoms with Gasteiger partial charge >= 0.3 is 0 Å². The van der Waals surface area contributed by atoms with Crippen molar-refractivity contribution in [2.45, 2.75) is 51.6 Å². The summed E-state index contributed by atoms with van der Waals surface area (Å²) in [7, 11) is 0. The lowest BCUT2D eigenvalue weighted by atomic mass is 9.73. The number of likely N-dealkylation sites (tertiary alicyclic amines) is 1. The highest BCUT2D eigenvalue weighted by Crippen LogP contribution is 2.38. The van der Waals surface area contributed by atoms with Crippen molar-refractivity contribution < 1.29 is 9.90 Å². The standard InChI is InChI=1S/C14H22N2O2/c1-11-9-16(8-5-12(11)17)13(18)14(10-15)6-3-2-4-7-14/h11-12,17H,2-9H2,1H3. The minimum absolute atomic E-state index is 0.00319. The molecule has 4 heteroatoms. The Morgan fingerprint density at radius 2 is 2.06 bits per heavy atom. The average Bonchev–Trinajstić information content (AvgIpc) is 2.42.